The summed E-state index contributed by atoms with van der Waals surface area (Å²) < 4.78 is 5.68. The van der Waals surface area contributed by atoms with Gasteiger partial charge in [-0.25, -0.2) is 0 Å². The number of benzene rings is 4. The Morgan fingerprint density at radius 1 is 0.730 bits per heavy atom. The Bertz CT molecular complexity index is 1160. The molecule has 0 radical (unpaired) electrons. The number of methoxy groups -OCH3 is 1. The number of rotatable bonds is 10. The largest absolute Gasteiger partial charge is 0.496 e. The summed E-state index contributed by atoms with van der Waals surface area (Å²) in [5.41, 5.74) is 6.75. The Hall–Kier alpha value is -3.36. The van der Waals surface area contributed by atoms with Gasteiger partial charge in [-0.2, -0.15) is 0 Å². The van der Waals surface area contributed by atoms with Gasteiger partial charge in [0.25, 0.3) is 0 Å². The Kier molecular flexibility index (Phi) is 8.06. The van der Waals surface area contributed by atoms with Gasteiger partial charge in [0, 0.05) is 11.5 Å². The van der Waals surface area contributed by atoms with E-state index in [9.17, 15) is 0 Å². The van der Waals surface area contributed by atoms with Crippen molar-refractivity contribution in [1.29, 1.82) is 0 Å². The van der Waals surface area contributed by atoms with Gasteiger partial charge in [-0.05, 0) is 79.1 Å². The minimum Gasteiger partial charge on any atom is -0.496 e. The first-order valence-electron chi connectivity index (χ1n) is 13.8. The molecule has 2 heteroatoms. The molecule has 0 saturated heterocycles. The number of hydrogen-bond donors (Lipinski definition) is 0. The fraction of sp³-hybridized carbons (Fsp3) is 0.314. The van der Waals surface area contributed by atoms with Crippen molar-refractivity contribution in [2.45, 2.75) is 50.5 Å². The maximum Gasteiger partial charge on any atom is 0.122 e. The predicted molar refractivity (Wildman–Crippen MR) is 154 cm³/mol. The van der Waals surface area contributed by atoms with E-state index in [-0.39, 0.29) is 5.41 Å². The number of ether oxygens (including phenoxy) is 1. The topological polar surface area (TPSA) is 12.5 Å². The average molecular weight is 490 g/mol. The summed E-state index contributed by atoms with van der Waals surface area (Å²) in [5.74, 6) is 1.05. The van der Waals surface area contributed by atoms with E-state index in [0.29, 0.717) is 6.04 Å². The first kappa shape index (κ1) is 25.3. The van der Waals surface area contributed by atoms with E-state index >= 15 is 0 Å². The monoisotopic (exact) mass is 489 g/mol. The summed E-state index contributed by atoms with van der Waals surface area (Å²) >= 11 is 0. The van der Waals surface area contributed by atoms with Crippen molar-refractivity contribution in [3.8, 4) is 5.75 Å². The van der Waals surface area contributed by atoms with Crippen LogP contribution in [0.25, 0.3) is 0 Å². The summed E-state index contributed by atoms with van der Waals surface area (Å²) in [6, 6.07) is 40.5. The third kappa shape index (κ3) is 5.22. The van der Waals surface area contributed by atoms with Crippen LogP contribution in [0.1, 0.15) is 54.0 Å². The number of hydrogen-bond acceptors (Lipinski definition) is 2. The second kappa shape index (κ2) is 11.8. The lowest BCUT2D eigenvalue weighted by Gasteiger charge is -2.41. The molecule has 4 aromatic rings. The first-order valence-corrected chi connectivity index (χ1v) is 13.8. The van der Waals surface area contributed by atoms with Crippen LogP contribution in [0, 0.1) is 0 Å². The van der Waals surface area contributed by atoms with Gasteiger partial charge in [-0.15, -0.1) is 0 Å². The van der Waals surface area contributed by atoms with Gasteiger partial charge in [-0.1, -0.05) is 110 Å². The third-order valence-corrected chi connectivity index (χ3v) is 8.23. The van der Waals surface area contributed by atoms with E-state index in [0.717, 1.165) is 44.5 Å². The van der Waals surface area contributed by atoms with Gasteiger partial charge in [-0.3, -0.25) is 0 Å². The second-order valence-electron chi connectivity index (χ2n) is 10.3. The molecule has 5 rings (SSSR count). The van der Waals surface area contributed by atoms with Crippen molar-refractivity contribution >= 4 is 0 Å². The van der Waals surface area contributed by atoms with E-state index in [2.05, 4.69) is 121 Å². The molecule has 1 unspecified atom stereocenters. The zero-order valence-electron chi connectivity index (χ0n) is 22.3. The lowest BCUT2D eigenvalue weighted by Crippen LogP contribution is -2.43. The molecule has 0 fully saturated rings. The van der Waals surface area contributed by atoms with Crippen molar-refractivity contribution in [2.24, 2.45) is 0 Å². The predicted octanol–water partition coefficient (Wildman–Crippen LogP) is 7.69. The number of nitrogens with zero attached hydrogens (tertiary/aromatic N) is 1. The SMILES string of the molecule is CCCN(CCC(c1ccccc1)(c1ccccc1)c1ccccc1)C1CCc2c(cccc2OC)C1. The maximum atomic E-state index is 5.68. The van der Waals surface area contributed by atoms with Crippen LogP contribution in [-0.2, 0) is 18.3 Å². The van der Waals surface area contributed by atoms with Gasteiger partial charge in [0.1, 0.15) is 5.75 Å². The molecular formula is C35H39NO. The van der Waals surface area contributed by atoms with Gasteiger partial charge in [0.2, 0.25) is 0 Å². The van der Waals surface area contributed by atoms with Gasteiger partial charge >= 0.3 is 0 Å². The molecule has 37 heavy (non-hydrogen) atoms. The van der Waals surface area contributed by atoms with Crippen molar-refractivity contribution in [3.63, 3.8) is 0 Å². The standard InChI is InChI=1S/C35H39NO/c1-3-25-36(32-22-23-33-28(27-32)14-13-21-34(33)37-2)26-24-35(29-15-7-4-8-16-29,30-17-9-5-10-18-30)31-19-11-6-12-20-31/h4-21,32H,3,22-27H2,1-2H3. The summed E-state index contributed by atoms with van der Waals surface area (Å²) in [5, 5.41) is 0. The molecule has 0 spiro atoms. The van der Waals surface area contributed by atoms with E-state index < -0.39 is 0 Å². The van der Waals surface area contributed by atoms with Gasteiger partial charge in [0.15, 0.2) is 0 Å². The molecule has 0 amide bonds. The van der Waals surface area contributed by atoms with Crippen LogP contribution in [0.3, 0.4) is 0 Å². The van der Waals surface area contributed by atoms with Crippen molar-refractivity contribution in [2.75, 3.05) is 20.2 Å². The lowest BCUT2D eigenvalue weighted by atomic mass is 9.67. The Balaban J connectivity index is 1.51. The molecule has 0 saturated carbocycles. The molecular weight excluding hydrogens is 450 g/mol. The zero-order valence-corrected chi connectivity index (χ0v) is 22.3. The minimum absolute atomic E-state index is 0.203. The molecule has 190 valence electrons. The van der Waals surface area contributed by atoms with Crippen LogP contribution in [0.2, 0.25) is 0 Å². The molecule has 0 aliphatic heterocycles. The van der Waals surface area contributed by atoms with E-state index in [1.165, 1.54) is 34.2 Å². The van der Waals surface area contributed by atoms with Crippen molar-refractivity contribution in [1.82, 2.24) is 4.90 Å². The first-order chi connectivity index (χ1) is 18.3. The highest BCUT2D eigenvalue weighted by atomic mass is 16.5. The van der Waals surface area contributed by atoms with Crippen molar-refractivity contribution in [3.05, 3.63) is 137 Å². The molecule has 0 N–H and O–H groups in total. The highest BCUT2D eigenvalue weighted by Gasteiger charge is 2.37. The van der Waals surface area contributed by atoms with Crippen LogP contribution in [-0.4, -0.2) is 31.1 Å². The zero-order chi connectivity index (χ0) is 25.5. The van der Waals surface area contributed by atoms with E-state index in [1.54, 1.807) is 7.11 Å². The molecule has 0 heterocycles. The van der Waals surface area contributed by atoms with Gasteiger partial charge in [0.05, 0.1) is 7.11 Å². The summed E-state index contributed by atoms with van der Waals surface area (Å²) in [4.78, 5) is 2.77. The third-order valence-electron chi connectivity index (χ3n) is 8.23. The normalized spacial score (nSPS) is 15.4. The van der Waals surface area contributed by atoms with Crippen LogP contribution in [0.15, 0.2) is 109 Å². The van der Waals surface area contributed by atoms with Crippen LogP contribution >= 0.6 is 0 Å². The minimum atomic E-state index is -0.203. The fourth-order valence-electron chi connectivity index (χ4n) is 6.43. The lowest BCUT2D eigenvalue weighted by molar-refractivity contribution is 0.169. The Labute approximate surface area is 222 Å². The number of fused-ring (bicyclic) bond motifs is 1. The Morgan fingerprint density at radius 3 is 1.81 bits per heavy atom. The summed E-state index contributed by atoms with van der Waals surface area (Å²) in [7, 11) is 1.79. The fourth-order valence-corrected chi connectivity index (χ4v) is 6.43. The van der Waals surface area contributed by atoms with Gasteiger partial charge < -0.3 is 9.64 Å². The maximum absolute atomic E-state index is 5.68. The molecule has 0 aromatic heterocycles. The van der Waals surface area contributed by atoms with Crippen LogP contribution in [0.5, 0.6) is 5.75 Å². The quantitative estimate of drug-likeness (QED) is 0.212. The highest BCUT2D eigenvalue weighted by Crippen LogP contribution is 2.43. The van der Waals surface area contributed by atoms with Crippen LogP contribution < -0.4 is 4.74 Å². The molecule has 4 aromatic carbocycles. The summed E-state index contributed by atoms with van der Waals surface area (Å²) in [6.07, 6.45) is 5.57. The van der Waals surface area contributed by atoms with Crippen LogP contribution in [0.4, 0.5) is 0 Å². The van der Waals surface area contributed by atoms with Crippen molar-refractivity contribution < 1.29 is 4.74 Å². The molecule has 1 aliphatic carbocycles. The molecule has 1 aliphatic rings. The average Bonchev–Trinajstić information content (AvgIpc) is 2.98. The molecule has 0 bridgehead atoms. The molecule has 1 atom stereocenters. The smallest absolute Gasteiger partial charge is 0.122 e. The second-order valence-corrected chi connectivity index (χ2v) is 10.3. The highest BCUT2D eigenvalue weighted by molar-refractivity contribution is 5.50. The molecule has 2 nitrogen and oxygen atoms in total. The summed E-state index contributed by atoms with van der Waals surface area (Å²) in [6.45, 7) is 4.49. The Morgan fingerprint density at radius 2 is 1.30 bits per heavy atom. The van der Waals surface area contributed by atoms with E-state index in [1.807, 2.05) is 0 Å². The van der Waals surface area contributed by atoms with E-state index in [4.69, 9.17) is 4.74 Å².